The molecule has 0 spiro atoms. The molecule has 0 radical (unpaired) electrons. The molecule has 1 aromatic rings. The molecule has 134 valence electrons. The standard InChI is InChI=1S/C16H24IN3O4/c1-16(2,3)24-15(23)19-7-10-6-18-14(5-13(10)17)20-8-12(22)4-11(20)9-21/h5-6,11-12,21-22H,4,7-9H2,1-3H3,(H,19,23). The van der Waals surface area contributed by atoms with Gasteiger partial charge in [-0.15, -0.1) is 0 Å². The SMILES string of the molecule is CC(C)(C)OC(=O)NCc1cnc(N2CC(O)CC2CO)cc1I. The van der Waals surface area contributed by atoms with Gasteiger partial charge in [0.1, 0.15) is 11.4 Å². The Morgan fingerprint density at radius 2 is 2.25 bits per heavy atom. The van der Waals surface area contributed by atoms with Crippen molar-refractivity contribution in [2.24, 2.45) is 0 Å². The number of carbonyl (C=O) groups excluding carboxylic acids is 1. The van der Waals surface area contributed by atoms with E-state index in [4.69, 9.17) is 4.74 Å². The Kier molecular flexibility index (Phi) is 6.27. The van der Waals surface area contributed by atoms with Crippen molar-refractivity contribution in [2.75, 3.05) is 18.1 Å². The predicted molar refractivity (Wildman–Crippen MR) is 98.9 cm³/mol. The van der Waals surface area contributed by atoms with Gasteiger partial charge in [-0.1, -0.05) is 0 Å². The number of amides is 1. The number of aliphatic hydroxyl groups is 2. The topological polar surface area (TPSA) is 94.9 Å². The molecule has 2 heterocycles. The second-order valence-electron chi connectivity index (χ2n) is 6.87. The summed E-state index contributed by atoms with van der Waals surface area (Å²) in [7, 11) is 0. The summed E-state index contributed by atoms with van der Waals surface area (Å²) < 4.78 is 6.16. The fourth-order valence-corrected chi connectivity index (χ4v) is 3.17. The van der Waals surface area contributed by atoms with E-state index in [-0.39, 0.29) is 12.6 Å². The number of carbonyl (C=O) groups is 1. The molecule has 2 rings (SSSR count). The van der Waals surface area contributed by atoms with Gasteiger partial charge in [0.2, 0.25) is 0 Å². The van der Waals surface area contributed by atoms with Crippen LogP contribution >= 0.6 is 22.6 Å². The number of anilines is 1. The lowest BCUT2D eigenvalue weighted by molar-refractivity contribution is 0.0523. The molecule has 1 aliphatic rings. The molecule has 7 nitrogen and oxygen atoms in total. The van der Waals surface area contributed by atoms with E-state index in [2.05, 4.69) is 32.9 Å². The van der Waals surface area contributed by atoms with Crippen molar-refractivity contribution >= 4 is 34.5 Å². The normalized spacial score (nSPS) is 21.0. The highest BCUT2D eigenvalue weighted by molar-refractivity contribution is 14.1. The van der Waals surface area contributed by atoms with Crippen molar-refractivity contribution < 1.29 is 19.7 Å². The summed E-state index contributed by atoms with van der Waals surface area (Å²) in [6.07, 6.45) is 1.32. The third-order valence-corrected chi connectivity index (χ3v) is 4.64. The van der Waals surface area contributed by atoms with Crippen molar-refractivity contribution in [2.45, 2.75) is 51.5 Å². The minimum atomic E-state index is -0.532. The number of β-amino-alcohol motifs (C(OH)–C–C–N with tert-alkyl or cyclic N) is 1. The van der Waals surface area contributed by atoms with Crippen LogP contribution in [0.25, 0.3) is 0 Å². The van der Waals surface area contributed by atoms with Crippen LogP contribution in [-0.4, -0.2) is 52.2 Å². The van der Waals surface area contributed by atoms with Crippen molar-refractivity contribution in [3.8, 4) is 0 Å². The van der Waals surface area contributed by atoms with Crippen molar-refractivity contribution in [3.05, 3.63) is 21.4 Å². The average molecular weight is 449 g/mol. The fraction of sp³-hybridized carbons (Fsp3) is 0.625. The fourth-order valence-electron chi connectivity index (χ4n) is 2.56. The molecule has 1 aliphatic heterocycles. The van der Waals surface area contributed by atoms with Gasteiger partial charge in [-0.2, -0.15) is 0 Å². The molecule has 0 bridgehead atoms. The molecule has 8 heteroatoms. The van der Waals surface area contributed by atoms with Crippen LogP contribution in [0.1, 0.15) is 32.8 Å². The minimum absolute atomic E-state index is 0.0166. The Labute approximate surface area is 155 Å². The van der Waals surface area contributed by atoms with Crippen LogP contribution < -0.4 is 10.2 Å². The van der Waals surface area contributed by atoms with Crippen molar-refractivity contribution in [1.82, 2.24) is 10.3 Å². The highest BCUT2D eigenvalue weighted by Crippen LogP contribution is 2.26. The molecule has 0 saturated carbocycles. The Morgan fingerprint density at radius 1 is 1.54 bits per heavy atom. The molecular weight excluding hydrogens is 425 g/mol. The maximum atomic E-state index is 11.7. The Balaban J connectivity index is 2.01. The summed E-state index contributed by atoms with van der Waals surface area (Å²) in [5, 5.41) is 21.9. The molecule has 1 fully saturated rings. The predicted octanol–water partition coefficient (Wildman–Crippen LogP) is 1.64. The highest BCUT2D eigenvalue weighted by atomic mass is 127. The zero-order chi connectivity index (χ0) is 17.9. The molecule has 2 unspecified atom stereocenters. The van der Waals surface area contributed by atoms with Gasteiger partial charge < -0.3 is 25.2 Å². The van der Waals surface area contributed by atoms with E-state index in [1.165, 1.54) is 0 Å². The molecular formula is C16H24IN3O4. The number of hydrogen-bond acceptors (Lipinski definition) is 6. The molecule has 1 aromatic heterocycles. The Hall–Kier alpha value is -1.13. The van der Waals surface area contributed by atoms with Crippen LogP contribution in [0.15, 0.2) is 12.3 Å². The molecule has 1 amide bonds. The first-order valence-electron chi connectivity index (χ1n) is 7.86. The third-order valence-electron chi connectivity index (χ3n) is 3.63. The van der Waals surface area contributed by atoms with Crippen molar-refractivity contribution in [1.29, 1.82) is 0 Å². The van der Waals surface area contributed by atoms with Gasteiger partial charge in [0.05, 0.1) is 18.8 Å². The molecule has 3 N–H and O–H groups in total. The van der Waals surface area contributed by atoms with E-state index >= 15 is 0 Å². The van der Waals surface area contributed by atoms with E-state index in [1.54, 1.807) is 6.20 Å². The highest BCUT2D eigenvalue weighted by Gasteiger charge is 2.31. The number of hydrogen-bond donors (Lipinski definition) is 3. The van der Waals surface area contributed by atoms with Gasteiger partial charge in [0, 0.05) is 28.4 Å². The molecule has 2 atom stereocenters. The zero-order valence-corrected chi connectivity index (χ0v) is 16.3. The molecule has 0 aromatic carbocycles. The van der Waals surface area contributed by atoms with Crippen LogP contribution in [-0.2, 0) is 11.3 Å². The molecule has 0 aliphatic carbocycles. The van der Waals surface area contributed by atoms with Gasteiger partial charge in [0.15, 0.2) is 0 Å². The zero-order valence-electron chi connectivity index (χ0n) is 14.1. The van der Waals surface area contributed by atoms with Gasteiger partial charge in [-0.05, 0) is 55.8 Å². The average Bonchev–Trinajstić information content (AvgIpc) is 2.85. The summed E-state index contributed by atoms with van der Waals surface area (Å²) in [6.45, 7) is 6.21. The van der Waals surface area contributed by atoms with E-state index in [0.29, 0.717) is 19.5 Å². The number of alkyl carbamates (subject to hydrolysis) is 1. The number of pyridine rings is 1. The second kappa shape index (κ2) is 7.83. The first kappa shape index (κ1) is 19.2. The van der Waals surface area contributed by atoms with E-state index < -0.39 is 17.8 Å². The summed E-state index contributed by atoms with van der Waals surface area (Å²) in [5.74, 6) is 0.719. The van der Waals surface area contributed by atoms with Crippen molar-refractivity contribution in [3.63, 3.8) is 0 Å². The summed E-state index contributed by atoms with van der Waals surface area (Å²) in [4.78, 5) is 18.0. The van der Waals surface area contributed by atoms with E-state index in [1.807, 2.05) is 31.7 Å². The minimum Gasteiger partial charge on any atom is -0.444 e. The van der Waals surface area contributed by atoms with Gasteiger partial charge in [0.25, 0.3) is 0 Å². The smallest absolute Gasteiger partial charge is 0.407 e. The lowest BCUT2D eigenvalue weighted by Gasteiger charge is -2.24. The lowest BCUT2D eigenvalue weighted by Crippen LogP contribution is -2.33. The van der Waals surface area contributed by atoms with Crippen LogP contribution in [0.3, 0.4) is 0 Å². The number of ether oxygens (including phenoxy) is 1. The largest absolute Gasteiger partial charge is 0.444 e. The summed E-state index contributed by atoms with van der Waals surface area (Å²) in [6, 6.07) is 1.78. The maximum absolute atomic E-state index is 11.7. The van der Waals surface area contributed by atoms with E-state index in [9.17, 15) is 15.0 Å². The molecule has 24 heavy (non-hydrogen) atoms. The Bertz CT molecular complexity index is 591. The second-order valence-corrected chi connectivity index (χ2v) is 8.03. The first-order chi connectivity index (χ1) is 11.2. The summed E-state index contributed by atoms with van der Waals surface area (Å²) in [5.41, 5.74) is 0.348. The van der Waals surface area contributed by atoms with Crippen LogP contribution in [0, 0.1) is 3.57 Å². The third kappa shape index (κ3) is 5.18. The van der Waals surface area contributed by atoms with Crippen LogP contribution in [0.2, 0.25) is 0 Å². The quantitative estimate of drug-likeness (QED) is 0.606. The van der Waals surface area contributed by atoms with Gasteiger partial charge in [-0.3, -0.25) is 0 Å². The summed E-state index contributed by atoms with van der Waals surface area (Å²) >= 11 is 2.19. The molecule has 1 saturated heterocycles. The maximum Gasteiger partial charge on any atom is 0.407 e. The number of rotatable bonds is 4. The van der Waals surface area contributed by atoms with Gasteiger partial charge >= 0.3 is 6.09 Å². The number of nitrogens with one attached hydrogen (secondary N) is 1. The number of aliphatic hydroxyl groups excluding tert-OH is 2. The van der Waals surface area contributed by atoms with Crippen LogP contribution in [0.4, 0.5) is 10.6 Å². The number of halogens is 1. The number of aromatic nitrogens is 1. The van der Waals surface area contributed by atoms with Crippen LogP contribution in [0.5, 0.6) is 0 Å². The van der Waals surface area contributed by atoms with Gasteiger partial charge in [-0.25, -0.2) is 9.78 Å². The lowest BCUT2D eigenvalue weighted by atomic mass is 10.2. The first-order valence-corrected chi connectivity index (χ1v) is 8.94. The number of nitrogens with zero attached hydrogens (tertiary/aromatic N) is 2. The van der Waals surface area contributed by atoms with E-state index in [0.717, 1.165) is 15.0 Å². The monoisotopic (exact) mass is 449 g/mol. The Morgan fingerprint density at radius 3 is 2.83 bits per heavy atom.